The maximum atomic E-state index is 6.17. The van der Waals surface area contributed by atoms with Gasteiger partial charge < -0.3 is 10.6 Å². The van der Waals surface area contributed by atoms with Crippen molar-refractivity contribution in [1.82, 2.24) is 4.90 Å². The van der Waals surface area contributed by atoms with Crippen LogP contribution in [0.15, 0.2) is 18.2 Å². The van der Waals surface area contributed by atoms with Gasteiger partial charge in [-0.05, 0) is 43.5 Å². The quantitative estimate of drug-likeness (QED) is 0.612. The SMILES string of the molecule is CCC(C)CCCCN1CCN(c2ccc(C)cc2N)CC1. The lowest BCUT2D eigenvalue weighted by Gasteiger charge is -2.36. The molecule has 2 rings (SSSR count). The van der Waals surface area contributed by atoms with E-state index in [0.29, 0.717) is 0 Å². The highest BCUT2D eigenvalue weighted by Gasteiger charge is 2.18. The van der Waals surface area contributed by atoms with Gasteiger partial charge in [0, 0.05) is 26.2 Å². The molecule has 1 heterocycles. The predicted octanol–water partition coefficient (Wildman–Crippen LogP) is 3.92. The van der Waals surface area contributed by atoms with Crippen molar-refractivity contribution in [2.24, 2.45) is 5.92 Å². The van der Waals surface area contributed by atoms with E-state index >= 15 is 0 Å². The van der Waals surface area contributed by atoms with Crippen molar-refractivity contribution < 1.29 is 0 Å². The third-order valence-electron chi connectivity index (χ3n) is 5.01. The third-order valence-corrected chi connectivity index (χ3v) is 5.01. The first-order valence-corrected chi connectivity index (χ1v) is 8.93. The summed E-state index contributed by atoms with van der Waals surface area (Å²) in [4.78, 5) is 5.04. The van der Waals surface area contributed by atoms with Crippen molar-refractivity contribution in [3.8, 4) is 0 Å². The van der Waals surface area contributed by atoms with E-state index in [1.807, 2.05) is 0 Å². The number of nitrogens with two attached hydrogens (primary N) is 1. The molecule has 0 amide bonds. The van der Waals surface area contributed by atoms with E-state index in [2.05, 4.69) is 48.8 Å². The molecule has 0 saturated carbocycles. The molecule has 1 unspecified atom stereocenters. The highest BCUT2D eigenvalue weighted by atomic mass is 15.3. The van der Waals surface area contributed by atoms with Gasteiger partial charge in [-0.2, -0.15) is 0 Å². The lowest BCUT2D eigenvalue weighted by molar-refractivity contribution is 0.250. The van der Waals surface area contributed by atoms with E-state index in [4.69, 9.17) is 5.73 Å². The first kappa shape index (κ1) is 17.1. The summed E-state index contributed by atoms with van der Waals surface area (Å²) in [5.74, 6) is 0.890. The molecule has 0 aliphatic carbocycles. The van der Waals surface area contributed by atoms with Crippen LogP contribution in [0.5, 0.6) is 0 Å². The summed E-state index contributed by atoms with van der Waals surface area (Å²) in [6.45, 7) is 12.5. The third kappa shape index (κ3) is 4.91. The van der Waals surface area contributed by atoms with Gasteiger partial charge in [0.1, 0.15) is 0 Å². The standard InChI is InChI=1S/C19H33N3/c1-4-16(2)7-5-6-10-21-11-13-22(14-12-21)19-9-8-17(3)15-18(19)20/h8-9,15-16H,4-7,10-14,20H2,1-3H3. The molecule has 3 nitrogen and oxygen atoms in total. The lowest BCUT2D eigenvalue weighted by atomic mass is 10.0. The van der Waals surface area contributed by atoms with Crippen molar-refractivity contribution in [1.29, 1.82) is 0 Å². The van der Waals surface area contributed by atoms with E-state index < -0.39 is 0 Å². The maximum Gasteiger partial charge on any atom is 0.0601 e. The van der Waals surface area contributed by atoms with Crippen LogP contribution < -0.4 is 10.6 Å². The van der Waals surface area contributed by atoms with Crippen LogP contribution in [0.25, 0.3) is 0 Å². The minimum absolute atomic E-state index is 0.890. The second-order valence-electron chi connectivity index (χ2n) is 6.90. The van der Waals surface area contributed by atoms with E-state index in [9.17, 15) is 0 Å². The lowest BCUT2D eigenvalue weighted by Crippen LogP contribution is -2.46. The first-order valence-electron chi connectivity index (χ1n) is 8.93. The maximum absolute atomic E-state index is 6.17. The molecule has 1 aromatic carbocycles. The Bertz CT molecular complexity index is 450. The summed E-state index contributed by atoms with van der Waals surface area (Å²) in [5.41, 5.74) is 9.54. The number of unbranched alkanes of at least 4 members (excludes halogenated alkanes) is 1. The van der Waals surface area contributed by atoms with E-state index in [-0.39, 0.29) is 0 Å². The van der Waals surface area contributed by atoms with Crippen LogP contribution in [-0.4, -0.2) is 37.6 Å². The number of piperazine rings is 1. The Balaban J connectivity index is 1.71. The fraction of sp³-hybridized carbons (Fsp3) is 0.684. The van der Waals surface area contributed by atoms with Gasteiger partial charge in [0.15, 0.2) is 0 Å². The summed E-state index contributed by atoms with van der Waals surface area (Å²) in [7, 11) is 0. The number of nitrogens with zero attached hydrogens (tertiary/aromatic N) is 2. The molecular weight excluding hydrogens is 270 g/mol. The van der Waals surface area contributed by atoms with E-state index in [0.717, 1.165) is 37.8 Å². The van der Waals surface area contributed by atoms with Gasteiger partial charge >= 0.3 is 0 Å². The Labute approximate surface area is 136 Å². The summed E-state index contributed by atoms with van der Waals surface area (Å²) in [6.07, 6.45) is 5.42. The van der Waals surface area contributed by atoms with Crippen molar-refractivity contribution >= 4 is 11.4 Å². The van der Waals surface area contributed by atoms with Gasteiger partial charge in [0.05, 0.1) is 11.4 Å². The second-order valence-corrected chi connectivity index (χ2v) is 6.90. The number of nitrogen functional groups attached to an aromatic ring is 1. The smallest absolute Gasteiger partial charge is 0.0601 e. The molecule has 22 heavy (non-hydrogen) atoms. The van der Waals surface area contributed by atoms with Gasteiger partial charge in [0.25, 0.3) is 0 Å². The Morgan fingerprint density at radius 3 is 2.50 bits per heavy atom. The number of hydrogen-bond acceptors (Lipinski definition) is 3. The number of anilines is 2. The molecule has 1 atom stereocenters. The highest BCUT2D eigenvalue weighted by molar-refractivity contribution is 5.68. The molecule has 1 aliphatic heterocycles. The molecule has 0 spiro atoms. The topological polar surface area (TPSA) is 32.5 Å². The Morgan fingerprint density at radius 1 is 1.14 bits per heavy atom. The molecule has 1 saturated heterocycles. The molecule has 124 valence electrons. The molecule has 0 aromatic heterocycles. The van der Waals surface area contributed by atoms with E-state index in [1.165, 1.54) is 43.5 Å². The molecule has 1 aliphatic rings. The fourth-order valence-corrected chi connectivity index (χ4v) is 3.21. The second kappa shape index (κ2) is 8.42. The van der Waals surface area contributed by atoms with Crippen LogP contribution >= 0.6 is 0 Å². The van der Waals surface area contributed by atoms with Gasteiger partial charge in [-0.1, -0.05) is 39.2 Å². The number of aryl methyl sites for hydroxylation is 1. The molecule has 2 N–H and O–H groups in total. The van der Waals surface area contributed by atoms with Crippen molar-refractivity contribution in [3.63, 3.8) is 0 Å². The number of hydrogen-bond donors (Lipinski definition) is 1. The molecule has 0 radical (unpaired) electrons. The van der Waals surface area contributed by atoms with Gasteiger partial charge in [-0.25, -0.2) is 0 Å². The summed E-state index contributed by atoms with van der Waals surface area (Å²) < 4.78 is 0. The van der Waals surface area contributed by atoms with Crippen molar-refractivity contribution in [2.45, 2.75) is 46.5 Å². The Hall–Kier alpha value is -1.22. The number of rotatable bonds is 7. The zero-order valence-electron chi connectivity index (χ0n) is 14.6. The minimum Gasteiger partial charge on any atom is -0.397 e. The Morgan fingerprint density at radius 2 is 1.86 bits per heavy atom. The van der Waals surface area contributed by atoms with Gasteiger partial charge in [0.2, 0.25) is 0 Å². The van der Waals surface area contributed by atoms with Crippen LogP contribution in [0.3, 0.4) is 0 Å². The largest absolute Gasteiger partial charge is 0.397 e. The zero-order valence-corrected chi connectivity index (χ0v) is 14.6. The molecular formula is C19H33N3. The van der Waals surface area contributed by atoms with Gasteiger partial charge in [-0.3, -0.25) is 4.90 Å². The average molecular weight is 303 g/mol. The molecule has 0 bridgehead atoms. The fourth-order valence-electron chi connectivity index (χ4n) is 3.21. The summed E-state index contributed by atoms with van der Waals surface area (Å²) in [5, 5.41) is 0. The minimum atomic E-state index is 0.890. The average Bonchev–Trinajstić information content (AvgIpc) is 2.52. The molecule has 3 heteroatoms. The zero-order chi connectivity index (χ0) is 15.9. The van der Waals surface area contributed by atoms with Gasteiger partial charge in [-0.15, -0.1) is 0 Å². The van der Waals surface area contributed by atoms with Crippen LogP contribution in [0.2, 0.25) is 0 Å². The predicted molar refractivity (Wildman–Crippen MR) is 97.6 cm³/mol. The van der Waals surface area contributed by atoms with Crippen molar-refractivity contribution in [2.75, 3.05) is 43.4 Å². The monoisotopic (exact) mass is 303 g/mol. The van der Waals surface area contributed by atoms with Crippen LogP contribution in [-0.2, 0) is 0 Å². The number of benzene rings is 1. The van der Waals surface area contributed by atoms with Crippen LogP contribution in [0, 0.1) is 12.8 Å². The first-order chi connectivity index (χ1) is 10.6. The van der Waals surface area contributed by atoms with E-state index in [1.54, 1.807) is 0 Å². The summed E-state index contributed by atoms with van der Waals surface area (Å²) in [6, 6.07) is 6.41. The highest BCUT2D eigenvalue weighted by Crippen LogP contribution is 2.25. The molecule has 1 fully saturated rings. The van der Waals surface area contributed by atoms with Crippen LogP contribution in [0.1, 0.15) is 45.1 Å². The molecule has 1 aromatic rings. The Kier molecular flexibility index (Phi) is 6.56. The van der Waals surface area contributed by atoms with Crippen molar-refractivity contribution in [3.05, 3.63) is 23.8 Å². The normalized spacial score (nSPS) is 17.7. The van der Waals surface area contributed by atoms with Crippen LogP contribution in [0.4, 0.5) is 11.4 Å². The summed E-state index contributed by atoms with van der Waals surface area (Å²) >= 11 is 0.